The van der Waals surface area contributed by atoms with Gasteiger partial charge in [0.2, 0.25) is 0 Å². The van der Waals surface area contributed by atoms with Crippen molar-refractivity contribution in [3.63, 3.8) is 0 Å². The number of benzene rings is 2. The zero-order valence-electron chi connectivity index (χ0n) is 12.7. The van der Waals surface area contributed by atoms with Crippen LogP contribution in [0.2, 0.25) is 0 Å². The van der Waals surface area contributed by atoms with Gasteiger partial charge in [0.25, 0.3) is 30.4 Å². The summed E-state index contributed by atoms with van der Waals surface area (Å²) in [6.07, 6.45) is 0. The smallest absolute Gasteiger partial charge is 0.296 e. The number of rotatable bonds is 3. The van der Waals surface area contributed by atoms with Crippen molar-refractivity contribution in [1.29, 1.82) is 0 Å². The third-order valence-electron chi connectivity index (χ3n) is 2.76. The molecule has 2 aromatic carbocycles. The molecule has 0 bridgehead atoms. The Hall–Kier alpha value is -2.23. The first-order valence-corrected chi connectivity index (χ1v) is 10.6. The highest BCUT2D eigenvalue weighted by Gasteiger charge is 2.18. The van der Waals surface area contributed by atoms with Crippen LogP contribution in [0.25, 0.3) is 0 Å². The van der Waals surface area contributed by atoms with E-state index in [0.717, 1.165) is 12.1 Å². The molecule has 0 amide bonds. The van der Waals surface area contributed by atoms with E-state index < -0.39 is 40.1 Å². The highest BCUT2D eigenvalue weighted by Crippen LogP contribution is 2.22. The molecular formula is C12H14N2O9S3. The van der Waals surface area contributed by atoms with E-state index in [0.29, 0.717) is 6.07 Å². The average molecular weight is 426 g/mol. The summed E-state index contributed by atoms with van der Waals surface area (Å²) >= 11 is 0. The zero-order valence-corrected chi connectivity index (χ0v) is 15.2. The zero-order chi connectivity index (χ0) is 20.3. The fourth-order valence-corrected chi connectivity index (χ4v) is 3.45. The van der Waals surface area contributed by atoms with E-state index in [9.17, 15) is 25.3 Å². The Morgan fingerprint density at radius 2 is 1.08 bits per heavy atom. The molecule has 0 unspecified atom stereocenters. The van der Waals surface area contributed by atoms with Gasteiger partial charge in [-0.25, -0.2) is 0 Å². The molecule has 0 saturated carbocycles. The Labute approximate surface area is 149 Å². The third kappa shape index (κ3) is 5.94. The molecule has 7 N–H and O–H groups in total. The third-order valence-corrected chi connectivity index (χ3v) is 5.44. The van der Waals surface area contributed by atoms with Crippen molar-refractivity contribution in [3.05, 3.63) is 42.5 Å². The summed E-state index contributed by atoms with van der Waals surface area (Å²) in [5.74, 6) is 0. The van der Waals surface area contributed by atoms with Gasteiger partial charge in [0.15, 0.2) is 0 Å². The molecule has 14 heteroatoms. The van der Waals surface area contributed by atoms with Crippen LogP contribution in [0, 0.1) is 0 Å². The van der Waals surface area contributed by atoms with Gasteiger partial charge in [0.05, 0.1) is 16.3 Å². The van der Waals surface area contributed by atoms with Crippen molar-refractivity contribution in [1.82, 2.24) is 0 Å². The van der Waals surface area contributed by atoms with Gasteiger partial charge in [-0.05, 0) is 30.3 Å². The lowest BCUT2D eigenvalue weighted by Gasteiger charge is -2.03. The SMILES string of the molecule is Nc1ccc(S(=O)(=O)O)cc1S(=O)(=O)O.Nc1ccccc1S(=O)(=O)O. The van der Waals surface area contributed by atoms with E-state index in [2.05, 4.69) is 0 Å². The number of nitrogens with two attached hydrogens (primary N) is 2. The normalized spacial score (nSPS) is 12.1. The maximum Gasteiger partial charge on any atom is 0.296 e. The van der Waals surface area contributed by atoms with Crippen LogP contribution in [-0.2, 0) is 30.4 Å². The molecule has 0 aromatic heterocycles. The quantitative estimate of drug-likeness (QED) is 0.331. The van der Waals surface area contributed by atoms with Crippen molar-refractivity contribution in [2.75, 3.05) is 11.5 Å². The largest absolute Gasteiger partial charge is 0.398 e. The monoisotopic (exact) mass is 426 g/mol. The van der Waals surface area contributed by atoms with E-state index in [-0.39, 0.29) is 16.3 Å². The molecule has 0 heterocycles. The van der Waals surface area contributed by atoms with Crippen LogP contribution in [0.3, 0.4) is 0 Å². The molecule has 0 aliphatic rings. The van der Waals surface area contributed by atoms with Gasteiger partial charge in [-0.2, -0.15) is 25.3 Å². The van der Waals surface area contributed by atoms with Gasteiger partial charge in [-0.15, -0.1) is 0 Å². The van der Waals surface area contributed by atoms with Crippen molar-refractivity contribution >= 4 is 41.7 Å². The molecule has 2 rings (SSSR count). The predicted molar refractivity (Wildman–Crippen MR) is 91.2 cm³/mol. The average Bonchev–Trinajstić information content (AvgIpc) is 2.45. The van der Waals surface area contributed by atoms with Gasteiger partial charge >= 0.3 is 0 Å². The Morgan fingerprint density at radius 1 is 0.615 bits per heavy atom. The summed E-state index contributed by atoms with van der Waals surface area (Å²) < 4.78 is 89.7. The van der Waals surface area contributed by atoms with Gasteiger partial charge in [0, 0.05) is 0 Å². The second-order valence-corrected chi connectivity index (χ2v) is 8.86. The molecular weight excluding hydrogens is 412 g/mol. The lowest BCUT2D eigenvalue weighted by molar-refractivity contribution is 0.479. The first kappa shape index (κ1) is 21.8. The van der Waals surface area contributed by atoms with Gasteiger partial charge in [-0.1, -0.05) is 12.1 Å². The Kier molecular flexibility index (Phi) is 6.35. The van der Waals surface area contributed by atoms with Gasteiger partial charge < -0.3 is 11.5 Å². The number of hydrogen-bond donors (Lipinski definition) is 5. The minimum Gasteiger partial charge on any atom is -0.398 e. The number of nitrogen functional groups attached to an aromatic ring is 2. The molecule has 0 saturated heterocycles. The lowest BCUT2D eigenvalue weighted by atomic mass is 10.3. The minimum atomic E-state index is -4.62. The predicted octanol–water partition coefficient (Wildman–Crippen LogP) is 0.278. The lowest BCUT2D eigenvalue weighted by Crippen LogP contribution is -2.06. The topological polar surface area (TPSA) is 215 Å². The van der Waals surface area contributed by atoms with E-state index in [1.54, 1.807) is 6.07 Å². The fourth-order valence-electron chi connectivity index (χ4n) is 1.61. The molecule has 2 aromatic rings. The molecule has 0 radical (unpaired) electrons. The van der Waals surface area contributed by atoms with Crippen molar-refractivity contribution < 1.29 is 38.9 Å². The van der Waals surface area contributed by atoms with Gasteiger partial charge in [0.1, 0.15) is 9.79 Å². The first-order valence-electron chi connectivity index (χ1n) is 6.30. The van der Waals surface area contributed by atoms with Gasteiger partial charge in [-0.3, -0.25) is 13.7 Å². The fraction of sp³-hybridized carbons (Fsp3) is 0. The highest BCUT2D eigenvalue weighted by molar-refractivity contribution is 7.86. The van der Waals surface area contributed by atoms with Crippen LogP contribution in [-0.4, -0.2) is 38.9 Å². The molecule has 26 heavy (non-hydrogen) atoms. The summed E-state index contributed by atoms with van der Waals surface area (Å²) in [5.41, 5.74) is 10.2. The summed E-state index contributed by atoms with van der Waals surface area (Å²) in [7, 11) is -13.3. The van der Waals surface area contributed by atoms with Crippen LogP contribution in [0.1, 0.15) is 0 Å². The molecule has 0 spiro atoms. The summed E-state index contributed by atoms with van der Waals surface area (Å²) in [5, 5.41) is 0. The van der Waals surface area contributed by atoms with Crippen LogP contribution in [0.5, 0.6) is 0 Å². The van der Waals surface area contributed by atoms with E-state index in [1.807, 2.05) is 0 Å². The Bertz CT molecular complexity index is 1120. The maximum absolute atomic E-state index is 10.7. The number of anilines is 2. The van der Waals surface area contributed by atoms with Crippen LogP contribution >= 0.6 is 0 Å². The van der Waals surface area contributed by atoms with Crippen molar-refractivity contribution in [2.45, 2.75) is 14.7 Å². The Balaban J connectivity index is 0.000000273. The summed E-state index contributed by atoms with van der Waals surface area (Å²) in [6.45, 7) is 0. The second-order valence-electron chi connectivity index (χ2n) is 4.66. The molecule has 11 nitrogen and oxygen atoms in total. The Morgan fingerprint density at radius 3 is 1.46 bits per heavy atom. The highest BCUT2D eigenvalue weighted by atomic mass is 32.2. The minimum absolute atomic E-state index is 0.0509. The standard InChI is InChI=1S/C6H7NO6S2.C6H7NO3S/c7-5-2-1-4(14(8,9)10)3-6(5)15(11,12)13;7-5-3-1-2-4-6(5)11(8,9)10/h1-3H,7H2,(H,8,9,10)(H,11,12,13);1-4H,7H2,(H,8,9,10). The molecule has 0 atom stereocenters. The second kappa shape index (κ2) is 7.56. The van der Waals surface area contributed by atoms with E-state index in [1.165, 1.54) is 18.2 Å². The number of para-hydroxylation sites is 1. The summed E-state index contributed by atoms with van der Waals surface area (Å²) in [4.78, 5) is -1.68. The van der Waals surface area contributed by atoms with E-state index in [4.69, 9.17) is 25.1 Å². The first-order chi connectivity index (χ1) is 11.6. The van der Waals surface area contributed by atoms with Crippen LogP contribution in [0.4, 0.5) is 11.4 Å². The molecule has 0 aliphatic heterocycles. The van der Waals surface area contributed by atoms with Crippen LogP contribution < -0.4 is 11.5 Å². The van der Waals surface area contributed by atoms with E-state index >= 15 is 0 Å². The maximum atomic E-state index is 10.7. The molecule has 0 aliphatic carbocycles. The molecule has 144 valence electrons. The van der Waals surface area contributed by atoms with Crippen LogP contribution in [0.15, 0.2) is 57.2 Å². The molecule has 0 fully saturated rings. The van der Waals surface area contributed by atoms with Crippen molar-refractivity contribution in [3.8, 4) is 0 Å². The number of hydrogen-bond acceptors (Lipinski definition) is 8. The van der Waals surface area contributed by atoms with Crippen molar-refractivity contribution in [2.24, 2.45) is 0 Å². The summed E-state index contributed by atoms with van der Waals surface area (Å²) in [6, 6.07) is 8.16.